The number of nitrogens with one attached hydrogen (secondary N) is 2. The fourth-order valence-corrected chi connectivity index (χ4v) is 6.12. The Morgan fingerprint density at radius 2 is 1.33 bits per heavy atom. The summed E-state index contributed by atoms with van der Waals surface area (Å²) >= 11 is 11.4. The van der Waals surface area contributed by atoms with Gasteiger partial charge in [-0.2, -0.15) is 0 Å². The van der Waals surface area contributed by atoms with E-state index in [0.717, 1.165) is 17.7 Å². The molecule has 3 aliphatic rings. The summed E-state index contributed by atoms with van der Waals surface area (Å²) in [5.41, 5.74) is -0.766. The van der Waals surface area contributed by atoms with Gasteiger partial charge in [0.2, 0.25) is 0 Å². The van der Waals surface area contributed by atoms with Crippen molar-refractivity contribution >= 4 is 41.0 Å². The van der Waals surface area contributed by atoms with Crippen LogP contribution in [0, 0.1) is 11.6 Å². The largest absolute Gasteiger partial charge is 0.484 e. The molecule has 3 aliphatic carbocycles. The molecular formula is C33H32Cl2F2N2O7. The van der Waals surface area contributed by atoms with E-state index in [4.69, 9.17) is 42.1 Å². The molecule has 13 heteroatoms. The van der Waals surface area contributed by atoms with E-state index in [0.29, 0.717) is 25.7 Å². The SMILES string of the molecule is O=C(COc1ccc(Cl)c(F)c1)NC12CCC(NC(=O)COc3ccc(Cl)c(F)c3)(CC1)[C@@H](OC(=O)COCc1ccccc1)C2. The molecule has 0 saturated heterocycles. The van der Waals surface area contributed by atoms with Crippen LogP contribution in [-0.4, -0.2) is 54.8 Å². The molecule has 0 radical (unpaired) electrons. The average Bonchev–Trinajstić information content (AvgIpc) is 3.03. The van der Waals surface area contributed by atoms with Gasteiger partial charge < -0.3 is 29.6 Å². The molecular weight excluding hydrogens is 645 g/mol. The highest BCUT2D eigenvalue weighted by Gasteiger charge is 2.57. The van der Waals surface area contributed by atoms with Gasteiger partial charge in [-0.15, -0.1) is 0 Å². The van der Waals surface area contributed by atoms with E-state index in [1.807, 2.05) is 30.3 Å². The van der Waals surface area contributed by atoms with Crippen LogP contribution in [0.15, 0.2) is 66.7 Å². The van der Waals surface area contributed by atoms with Crippen LogP contribution in [0.25, 0.3) is 0 Å². The Bertz CT molecular complexity index is 1570. The minimum atomic E-state index is -0.926. The second-order valence-corrected chi connectivity index (χ2v) is 12.2. The van der Waals surface area contributed by atoms with Gasteiger partial charge in [-0.1, -0.05) is 53.5 Å². The number of amides is 2. The topological polar surface area (TPSA) is 112 Å². The van der Waals surface area contributed by atoms with E-state index in [2.05, 4.69) is 10.6 Å². The Morgan fingerprint density at radius 3 is 1.89 bits per heavy atom. The first kappa shape index (κ1) is 33.4. The van der Waals surface area contributed by atoms with Crippen molar-refractivity contribution in [3.63, 3.8) is 0 Å². The summed E-state index contributed by atoms with van der Waals surface area (Å²) in [4.78, 5) is 38.9. The summed E-state index contributed by atoms with van der Waals surface area (Å²) in [6, 6.07) is 17.1. The van der Waals surface area contributed by atoms with E-state index < -0.39 is 53.2 Å². The quantitative estimate of drug-likeness (QED) is 0.229. The number of hydrogen-bond acceptors (Lipinski definition) is 7. The number of carbonyl (C=O) groups is 3. The minimum absolute atomic E-state index is 0.0628. The van der Waals surface area contributed by atoms with E-state index >= 15 is 0 Å². The van der Waals surface area contributed by atoms with E-state index in [9.17, 15) is 23.2 Å². The summed E-state index contributed by atoms with van der Waals surface area (Å²) in [6.45, 7) is -0.882. The average molecular weight is 678 g/mol. The Hall–Kier alpha value is -3.93. The van der Waals surface area contributed by atoms with Crippen LogP contribution in [0.1, 0.15) is 37.7 Å². The highest BCUT2D eigenvalue weighted by molar-refractivity contribution is 6.31. The molecule has 2 amide bonds. The lowest BCUT2D eigenvalue weighted by Crippen LogP contribution is -2.71. The lowest BCUT2D eigenvalue weighted by atomic mass is 9.59. The maximum absolute atomic E-state index is 13.8. The zero-order valence-corrected chi connectivity index (χ0v) is 26.2. The molecule has 244 valence electrons. The highest BCUT2D eigenvalue weighted by Crippen LogP contribution is 2.48. The molecule has 0 aliphatic heterocycles. The number of hydrogen-bond donors (Lipinski definition) is 2. The molecule has 6 rings (SSSR count). The number of esters is 1. The second-order valence-electron chi connectivity index (χ2n) is 11.4. The Balaban J connectivity index is 1.22. The molecule has 9 nitrogen and oxygen atoms in total. The summed E-state index contributed by atoms with van der Waals surface area (Å²) in [6.07, 6.45) is 1.17. The van der Waals surface area contributed by atoms with Crippen molar-refractivity contribution in [2.45, 2.75) is 55.9 Å². The first-order chi connectivity index (χ1) is 22.0. The van der Waals surface area contributed by atoms with Crippen molar-refractivity contribution in [3.05, 3.63) is 94.0 Å². The van der Waals surface area contributed by atoms with E-state index in [1.165, 1.54) is 24.3 Å². The standard InChI is InChI=1S/C33H32Cl2F2N2O7/c34-24-8-6-22(14-26(24)36)44-18-29(40)38-32-10-12-33(13-11-32,39-30(41)19-45-23-7-9-25(35)27(37)15-23)28(16-32)46-31(42)20-43-17-21-4-2-1-3-5-21/h1-9,14-15,28H,10-13,16-20H2,(H,38,40)(H,39,41)/t28-,32?,33?/m0/s1. The van der Waals surface area contributed by atoms with Crippen molar-refractivity contribution in [1.82, 2.24) is 10.6 Å². The molecule has 0 heterocycles. The van der Waals surface area contributed by atoms with Gasteiger partial charge in [0.25, 0.3) is 11.8 Å². The fourth-order valence-electron chi connectivity index (χ4n) is 5.88. The fraction of sp³-hybridized carbons (Fsp3) is 0.364. The lowest BCUT2D eigenvalue weighted by Gasteiger charge is -2.57. The summed E-state index contributed by atoms with van der Waals surface area (Å²) < 4.78 is 50.0. The van der Waals surface area contributed by atoms with Crippen LogP contribution < -0.4 is 20.1 Å². The summed E-state index contributed by atoms with van der Waals surface area (Å²) in [7, 11) is 0. The molecule has 0 spiro atoms. The first-order valence-electron chi connectivity index (χ1n) is 14.6. The smallest absolute Gasteiger partial charge is 0.332 e. The van der Waals surface area contributed by atoms with Crippen LogP contribution in [0.2, 0.25) is 10.0 Å². The molecule has 3 aromatic rings. The van der Waals surface area contributed by atoms with Crippen LogP contribution in [0.4, 0.5) is 8.78 Å². The van der Waals surface area contributed by atoms with Gasteiger partial charge in [-0.25, -0.2) is 13.6 Å². The number of fused-ring (bicyclic) bond motifs is 3. The molecule has 46 heavy (non-hydrogen) atoms. The van der Waals surface area contributed by atoms with Gasteiger partial charge in [-0.05, 0) is 55.5 Å². The summed E-state index contributed by atoms with van der Waals surface area (Å²) in [5.74, 6) is -2.61. The molecule has 0 aromatic heterocycles. The maximum Gasteiger partial charge on any atom is 0.332 e. The van der Waals surface area contributed by atoms with Gasteiger partial charge in [-0.3, -0.25) is 9.59 Å². The van der Waals surface area contributed by atoms with Gasteiger partial charge in [0.15, 0.2) is 13.2 Å². The third-order valence-electron chi connectivity index (χ3n) is 8.21. The van der Waals surface area contributed by atoms with Crippen molar-refractivity contribution < 1.29 is 42.1 Å². The van der Waals surface area contributed by atoms with Crippen LogP contribution in [0.3, 0.4) is 0 Å². The minimum Gasteiger partial charge on any atom is -0.484 e. The van der Waals surface area contributed by atoms with E-state index in [1.54, 1.807) is 0 Å². The van der Waals surface area contributed by atoms with Gasteiger partial charge in [0.1, 0.15) is 35.8 Å². The van der Waals surface area contributed by atoms with Crippen LogP contribution in [0.5, 0.6) is 11.5 Å². The molecule has 2 bridgehead atoms. The van der Waals surface area contributed by atoms with Crippen LogP contribution >= 0.6 is 23.2 Å². The number of carbonyl (C=O) groups excluding carboxylic acids is 3. The number of benzene rings is 3. The predicted molar refractivity (Wildman–Crippen MR) is 165 cm³/mol. The van der Waals surface area contributed by atoms with Gasteiger partial charge in [0.05, 0.1) is 22.2 Å². The molecule has 2 N–H and O–H groups in total. The van der Waals surface area contributed by atoms with Crippen molar-refractivity contribution in [2.75, 3.05) is 19.8 Å². The first-order valence-corrected chi connectivity index (χ1v) is 15.4. The normalized spacial score (nSPS) is 21.7. The molecule has 3 aromatic carbocycles. The van der Waals surface area contributed by atoms with Gasteiger partial charge >= 0.3 is 5.97 Å². The Labute approximate surface area is 274 Å². The number of halogens is 4. The van der Waals surface area contributed by atoms with Crippen molar-refractivity contribution in [3.8, 4) is 11.5 Å². The zero-order valence-electron chi connectivity index (χ0n) is 24.7. The summed E-state index contributed by atoms with van der Waals surface area (Å²) in [5, 5.41) is 5.88. The molecule has 3 fully saturated rings. The van der Waals surface area contributed by atoms with Crippen molar-refractivity contribution in [1.29, 1.82) is 0 Å². The Kier molecular flexibility index (Phi) is 10.7. The van der Waals surface area contributed by atoms with E-state index in [-0.39, 0.29) is 47.8 Å². The molecule has 3 saturated carbocycles. The van der Waals surface area contributed by atoms with Crippen LogP contribution in [-0.2, 0) is 30.5 Å². The Morgan fingerprint density at radius 1 is 0.761 bits per heavy atom. The van der Waals surface area contributed by atoms with Crippen molar-refractivity contribution in [2.24, 2.45) is 0 Å². The zero-order chi connectivity index (χ0) is 32.7. The molecule has 1 atom stereocenters. The second kappa shape index (κ2) is 14.7. The maximum atomic E-state index is 13.8. The lowest BCUT2D eigenvalue weighted by molar-refractivity contribution is -0.171. The third kappa shape index (κ3) is 8.45. The third-order valence-corrected chi connectivity index (χ3v) is 8.82. The highest BCUT2D eigenvalue weighted by atomic mass is 35.5. The monoisotopic (exact) mass is 676 g/mol. The predicted octanol–water partition coefficient (Wildman–Crippen LogP) is 5.55. The molecule has 0 unspecified atom stereocenters. The number of rotatable bonds is 13. The van der Waals surface area contributed by atoms with Gasteiger partial charge in [0, 0.05) is 24.1 Å². The number of ether oxygens (including phenoxy) is 4.